The van der Waals surface area contributed by atoms with Gasteiger partial charge in [-0.3, -0.25) is 5.10 Å². The molecule has 0 spiro atoms. The van der Waals surface area contributed by atoms with Gasteiger partial charge in [0.15, 0.2) is 5.82 Å². The van der Waals surface area contributed by atoms with Crippen molar-refractivity contribution < 1.29 is 14.8 Å². The van der Waals surface area contributed by atoms with Gasteiger partial charge in [0.1, 0.15) is 5.69 Å². The van der Waals surface area contributed by atoms with Gasteiger partial charge >= 0.3 is 13.1 Å². The van der Waals surface area contributed by atoms with Crippen molar-refractivity contribution in [3.63, 3.8) is 0 Å². The van der Waals surface area contributed by atoms with Gasteiger partial charge in [-0.2, -0.15) is 20.1 Å². The molecule has 0 aliphatic heterocycles. The lowest BCUT2D eigenvalue weighted by molar-refractivity contribution is 0.379. The third-order valence-corrected chi connectivity index (χ3v) is 4.61. The number of rotatable bonds is 7. The Balaban J connectivity index is 1.65. The summed E-state index contributed by atoms with van der Waals surface area (Å²) in [5.41, 5.74) is 9.39. The van der Waals surface area contributed by atoms with Crippen LogP contribution in [-0.2, 0) is 13.1 Å². The van der Waals surface area contributed by atoms with E-state index in [1.807, 2.05) is 24.3 Å². The summed E-state index contributed by atoms with van der Waals surface area (Å²) < 4.78 is 5.23. The second kappa shape index (κ2) is 8.45. The zero-order valence-corrected chi connectivity index (χ0v) is 16.2. The Morgan fingerprint density at radius 3 is 2.73 bits per heavy atom. The summed E-state index contributed by atoms with van der Waals surface area (Å²) >= 11 is 0. The van der Waals surface area contributed by atoms with E-state index in [1.165, 1.54) is 7.11 Å². The second-order valence-corrected chi connectivity index (χ2v) is 6.56. The Morgan fingerprint density at radius 1 is 1.13 bits per heavy atom. The summed E-state index contributed by atoms with van der Waals surface area (Å²) in [6.07, 6.45) is 0. The highest BCUT2D eigenvalue weighted by molar-refractivity contribution is 6.58. The smallest absolute Gasteiger partial charge is 0.467 e. The molecule has 0 saturated heterocycles. The van der Waals surface area contributed by atoms with Crippen LogP contribution in [0, 0.1) is 0 Å². The number of nitrogens with two attached hydrogens (primary N) is 1. The summed E-state index contributed by atoms with van der Waals surface area (Å²) in [5.74, 6) is 0.655. The predicted molar refractivity (Wildman–Crippen MR) is 113 cm³/mol. The standard InChI is InChI=1S/C19H20BN7O3/c1-30-19-24-17(16-14-7-3-5-12(9-21)15(14)26-27-16)23-18(25-19)22-10-11-4-2-6-13(8-11)20(28)29/h2-8,28-29H,9-10,21H2,1H3,(H,26,27)(H,22,23,24,25). The third kappa shape index (κ3) is 3.94. The van der Waals surface area contributed by atoms with Gasteiger partial charge in [0.2, 0.25) is 5.95 Å². The largest absolute Gasteiger partial charge is 0.488 e. The molecule has 10 nitrogen and oxygen atoms in total. The third-order valence-electron chi connectivity index (χ3n) is 4.61. The van der Waals surface area contributed by atoms with Gasteiger partial charge < -0.3 is 25.8 Å². The van der Waals surface area contributed by atoms with Crippen LogP contribution in [0.1, 0.15) is 11.1 Å². The summed E-state index contributed by atoms with van der Waals surface area (Å²) in [5, 5.41) is 30.0. The monoisotopic (exact) mass is 405 g/mol. The predicted octanol–water partition coefficient (Wildman–Crippen LogP) is 0.174. The fourth-order valence-corrected chi connectivity index (χ4v) is 3.12. The van der Waals surface area contributed by atoms with Gasteiger partial charge in [0, 0.05) is 18.5 Å². The normalized spacial score (nSPS) is 10.9. The SMILES string of the molecule is COc1nc(NCc2cccc(B(O)O)c2)nc(-c2n[nH]c3c(CN)cccc23)n1. The Kier molecular flexibility index (Phi) is 5.57. The molecule has 4 rings (SSSR count). The van der Waals surface area contributed by atoms with Crippen molar-refractivity contribution in [3.8, 4) is 17.5 Å². The van der Waals surface area contributed by atoms with Crippen LogP contribution in [0.2, 0.25) is 0 Å². The Labute approximate surface area is 172 Å². The van der Waals surface area contributed by atoms with Gasteiger partial charge in [0.05, 0.1) is 12.6 Å². The van der Waals surface area contributed by atoms with Gasteiger partial charge in [-0.05, 0) is 16.6 Å². The van der Waals surface area contributed by atoms with E-state index < -0.39 is 7.12 Å². The van der Waals surface area contributed by atoms with Crippen molar-refractivity contribution in [2.24, 2.45) is 5.73 Å². The zero-order chi connectivity index (χ0) is 21.1. The van der Waals surface area contributed by atoms with Crippen molar-refractivity contribution in [2.45, 2.75) is 13.1 Å². The van der Waals surface area contributed by atoms with E-state index in [9.17, 15) is 10.0 Å². The van der Waals surface area contributed by atoms with Crippen LogP contribution in [0.4, 0.5) is 5.95 Å². The number of para-hydroxylation sites is 1. The highest BCUT2D eigenvalue weighted by Gasteiger charge is 2.16. The number of nitrogens with zero attached hydrogens (tertiary/aromatic N) is 4. The van der Waals surface area contributed by atoms with Crippen LogP contribution in [0.5, 0.6) is 6.01 Å². The summed E-state index contributed by atoms with van der Waals surface area (Å²) in [4.78, 5) is 13.0. The van der Waals surface area contributed by atoms with E-state index in [1.54, 1.807) is 18.2 Å². The molecule has 2 aromatic heterocycles. The molecule has 0 radical (unpaired) electrons. The Bertz CT molecular complexity index is 1180. The van der Waals surface area contributed by atoms with E-state index in [4.69, 9.17) is 10.5 Å². The Hall–Kier alpha value is -3.54. The van der Waals surface area contributed by atoms with Crippen LogP contribution in [0.15, 0.2) is 42.5 Å². The number of anilines is 1. The van der Waals surface area contributed by atoms with Crippen molar-refractivity contribution in [2.75, 3.05) is 12.4 Å². The molecule has 0 aliphatic rings. The summed E-state index contributed by atoms with van der Waals surface area (Å²) in [6, 6.07) is 12.8. The molecule has 152 valence electrons. The number of aromatic amines is 1. The number of aromatic nitrogens is 5. The number of nitrogens with one attached hydrogen (secondary N) is 2. The molecule has 0 bridgehead atoms. The first-order valence-electron chi connectivity index (χ1n) is 9.24. The van der Waals surface area contributed by atoms with E-state index >= 15 is 0 Å². The van der Waals surface area contributed by atoms with E-state index in [0.717, 1.165) is 22.0 Å². The maximum Gasteiger partial charge on any atom is 0.488 e. The second-order valence-electron chi connectivity index (χ2n) is 6.56. The maximum atomic E-state index is 9.34. The molecular weight excluding hydrogens is 385 g/mol. The highest BCUT2D eigenvalue weighted by Crippen LogP contribution is 2.27. The fourth-order valence-electron chi connectivity index (χ4n) is 3.12. The lowest BCUT2D eigenvalue weighted by Gasteiger charge is -2.09. The molecule has 0 saturated carbocycles. The molecule has 0 aliphatic carbocycles. The molecular formula is C19H20BN7O3. The first-order chi connectivity index (χ1) is 14.6. The fraction of sp³-hybridized carbons (Fsp3) is 0.158. The van der Waals surface area contributed by atoms with Crippen LogP contribution in [0.25, 0.3) is 22.4 Å². The van der Waals surface area contributed by atoms with Gasteiger partial charge in [-0.1, -0.05) is 42.5 Å². The summed E-state index contributed by atoms with van der Waals surface area (Å²) in [6.45, 7) is 0.750. The minimum Gasteiger partial charge on any atom is -0.467 e. The number of hydrogen-bond acceptors (Lipinski definition) is 9. The van der Waals surface area contributed by atoms with Crippen LogP contribution >= 0.6 is 0 Å². The van der Waals surface area contributed by atoms with Gasteiger partial charge in [0.25, 0.3) is 0 Å². The number of ether oxygens (including phenoxy) is 1. The van der Waals surface area contributed by atoms with Crippen LogP contribution in [-0.4, -0.2) is 49.4 Å². The minimum absolute atomic E-state index is 0.146. The van der Waals surface area contributed by atoms with Crippen molar-refractivity contribution in [3.05, 3.63) is 53.6 Å². The van der Waals surface area contributed by atoms with Gasteiger partial charge in [-0.25, -0.2) is 0 Å². The molecule has 2 heterocycles. The number of hydrogen-bond donors (Lipinski definition) is 5. The van der Waals surface area contributed by atoms with Crippen LogP contribution < -0.4 is 21.3 Å². The van der Waals surface area contributed by atoms with Crippen LogP contribution in [0.3, 0.4) is 0 Å². The van der Waals surface area contributed by atoms with E-state index in [0.29, 0.717) is 36.0 Å². The molecule has 0 atom stereocenters. The number of benzene rings is 2. The minimum atomic E-state index is -1.53. The first kappa shape index (κ1) is 19.8. The lowest BCUT2D eigenvalue weighted by Crippen LogP contribution is -2.30. The number of methoxy groups -OCH3 is 1. The lowest BCUT2D eigenvalue weighted by atomic mass is 9.80. The quantitative estimate of drug-likeness (QED) is 0.271. The number of H-pyrrole nitrogens is 1. The summed E-state index contributed by atoms with van der Waals surface area (Å²) in [7, 11) is -0.0512. The molecule has 0 unspecified atom stereocenters. The topological polar surface area (TPSA) is 155 Å². The highest BCUT2D eigenvalue weighted by atomic mass is 16.5. The molecule has 0 fully saturated rings. The number of fused-ring (bicyclic) bond motifs is 1. The average molecular weight is 405 g/mol. The Morgan fingerprint density at radius 2 is 1.97 bits per heavy atom. The first-order valence-corrected chi connectivity index (χ1v) is 9.24. The van der Waals surface area contributed by atoms with Gasteiger partial charge in [-0.15, -0.1) is 0 Å². The molecule has 2 aromatic carbocycles. The van der Waals surface area contributed by atoms with E-state index in [2.05, 4.69) is 30.5 Å². The average Bonchev–Trinajstić information content (AvgIpc) is 3.22. The molecule has 0 amide bonds. The zero-order valence-electron chi connectivity index (χ0n) is 16.2. The molecule has 11 heteroatoms. The van der Waals surface area contributed by atoms with E-state index in [-0.39, 0.29) is 6.01 Å². The molecule has 6 N–H and O–H groups in total. The molecule has 30 heavy (non-hydrogen) atoms. The van der Waals surface area contributed by atoms with Crippen molar-refractivity contribution in [1.82, 2.24) is 25.1 Å². The van der Waals surface area contributed by atoms with Crippen molar-refractivity contribution in [1.29, 1.82) is 0 Å². The van der Waals surface area contributed by atoms with Crippen molar-refractivity contribution >= 4 is 29.4 Å². The molecule has 4 aromatic rings. The maximum absolute atomic E-state index is 9.34.